The van der Waals surface area contributed by atoms with E-state index in [1.165, 1.54) is 17.0 Å². The van der Waals surface area contributed by atoms with Gasteiger partial charge in [0.25, 0.3) is 5.91 Å². The number of sulfonamides is 1. The van der Waals surface area contributed by atoms with E-state index in [9.17, 15) is 23.1 Å². The van der Waals surface area contributed by atoms with Crippen molar-refractivity contribution in [3.05, 3.63) is 41.5 Å². The Bertz CT molecular complexity index is 927. The minimum atomic E-state index is -4.01. The second-order valence-corrected chi connectivity index (χ2v) is 9.59. The van der Waals surface area contributed by atoms with E-state index < -0.39 is 40.7 Å². The van der Waals surface area contributed by atoms with Gasteiger partial charge in [-0.1, -0.05) is 18.2 Å². The van der Waals surface area contributed by atoms with Crippen LogP contribution in [0.2, 0.25) is 0 Å². The molecule has 1 aliphatic heterocycles. The number of carbonyl (C=O) groups is 2. The topological polar surface area (TPSA) is 104 Å². The van der Waals surface area contributed by atoms with Gasteiger partial charge in [0, 0.05) is 26.1 Å². The molecule has 1 aromatic carbocycles. The zero-order valence-electron chi connectivity index (χ0n) is 17.9. The number of amides is 1. The Balaban J connectivity index is 2.15. The monoisotopic (exact) mass is 438 g/mol. The first-order valence-corrected chi connectivity index (χ1v) is 11.3. The van der Waals surface area contributed by atoms with Crippen molar-refractivity contribution in [3.63, 3.8) is 0 Å². The predicted molar refractivity (Wildman–Crippen MR) is 112 cm³/mol. The highest BCUT2D eigenvalue weighted by Crippen LogP contribution is 2.28. The lowest BCUT2D eigenvalue weighted by Gasteiger charge is -2.24. The summed E-state index contributed by atoms with van der Waals surface area (Å²) in [6.07, 6.45) is -1.07. The molecule has 0 bridgehead atoms. The number of hydrogen-bond acceptors (Lipinski definition) is 6. The Hall–Kier alpha value is -2.23. The second-order valence-electron chi connectivity index (χ2n) is 7.70. The molecule has 2 atom stereocenters. The number of aliphatic hydroxyl groups excluding tert-OH is 1. The van der Waals surface area contributed by atoms with Gasteiger partial charge in [-0.25, -0.2) is 8.42 Å². The summed E-state index contributed by atoms with van der Waals surface area (Å²) in [7, 11) is -4.01. The van der Waals surface area contributed by atoms with Crippen LogP contribution in [0.15, 0.2) is 35.2 Å². The van der Waals surface area contributed by atoms with E-state index in [0.29, 0.717) is 13.1 Å². The van der Waals surface area contributed by atoms with Crippen molar-refractivity contribution < 1.29 is 27.9 Å². The molecule has 1 aliphatic rings. The van der Waals surface area contributed by atoms with E-state index in [1.54, 1.807) is 26.8 Å². The fourth-order valence-corrected chi connectivity index (χ4v) is 5.01. The summed E-state index contributed by atoms with van der Waals surface area (Å²) in [5, 5.41) is 10.0. The number of likely N-dealkylation sites (N-methyl/N-ethyl adjacent to an activating group) is 1. The van der Waals surface area contributed by atoms with E-state index in [4.69, 9.17) is 4.74 Å². The highest BCUT2D eigenvalue weighted by molar-refractivity contribution is 7.89. The Morgan fingerprint density at radius 3 is 2.53 bits per heavy atom. The van der Waals surface area contributed by atoms with Gasteiger partial charge in [-0.2, -0.15) is 4.31 Å². The van der Waals surface area contributed by atoms with Gasteiger partial charge < -0.3 is 14.7 Å². The Morgan fingerprint density at radius 2 is 1.97 bits per heavy atom. The zero-order valence-corrected chi connectivity index (χ0v) is 18.7. The molecule has 1 aromatic rings. The summed E-state index contributed by atoms with van der Waals surface area (Å²) < 4.78 is 32.3. The summed E-state index contributed by atoms with van der Waals surface area (Å²) in [5.74, 6) is -1.24. The number of esters is 1. The molecule has 0 unspecified atom stereocenters. The molecule has 0 aromatic heterocycles. The summed E-state index contributed by atoms with van der Waals surface area (Å²) in [4.78, 5) is 26.4. The summed E-state index contributed by atoms with van der Waals surface area (Å²) in [5.41, 5.74) is 2.54. The largest absolute Gasteiger partial charge is 0.454 e. The van der Waals surface area contributed by atoms with Crippen molar-refractivity contribution in [2.75, 3.05) is 26.2 Å². The number of nitrogens with zero attached hydrogens (tertiary/aromatic N) is 2. The third-order valence-electron chi connectivity index (χ3n) is 5.12. The molecule has 1 fully saturated rings. The third kappa shape index (κ3) is 5.47. The van der Waals surface area contributed by atoms with Gasteiger partial charge in [0.2, 0.25) is 10.0 Å². The highest BCUT2D eigenvalue weighted by Gasteiger charge is 2.44. The Labute approximate surface area is 178 Å². The van der Waals surface area contributed by atoms with E-state index in [0.717, 1.165) is 21.0 Å². The van der Waals surface area contributed by atoms with Gasteiger partial charge in [-0.3, -0.25) is 9.59 Å². The van der Waals surface area contributed by atoms with Crippen molar-refractivity contribution in [1.82, 2.24) is 9.21 Å². The number of aliphatic hydroxyl groups is 1. The standard InChI is InChI=1S/C21H30N2O6S/c1-6-22(11-14(2)3)20(25)13-29-21(26)19-10-17(24)12-23(19)30(27,28)18-8-7-15(4)16(5)9-18/h7-9,17,19,24H,2,6,10-13H2,1,3-5H3/t17-,19-/m1/s1. The van der Waals surface area contributed by atoms with Gasteiger partial charge in [-0.05, 0) is 51.0 Å². The molecule has 166 valence electrons. The Kier molecular flexibility index (Phi) is 7.79. The fraction of sp³-hybridized carbons (Fsp3) is 0.524. The number of rotatable bonds is 8. The smallest absolute Gasteiger partial charge is 0.325 e. The minimum Gasteiger partial charge on any atom is -0.454 e. The molecule has 1 saturated heterocycles. The van der Waals surface area contributed by atoms with Crippen LogP contribution in [0, 0.1) is 13.8 Å². The molecule has 2 rings (SSSR count). The maximum atomic E-state index is 13.1. The molecule has 0 aliphatic carbocycles. The van der Waals surface area contributed by atoms with Gasteiger partial charge in [0.05, 0.1) is 11.0 Å². The number of benzene rings is 1. The van der Waals surface area contributed by atoms with Crippen LogP contribution in [0.3, 0.4) is 0 Å². The molecule has 0 saturated carbocycles. The number of β-amino-alcohol motifs (C(OH)–C–C–N with tert-alkyl or cyclic N) is 1. The van der Waals surface area contributed by atoms with Crippen LogP contribution in [0.4, 0.5) is 0 Å². The van der Waals surface area contributed by atoms with Crippen LogP contribution in [0.25, 0.3) is 0 Å². The van der Waals surface area contributed by atoms with Crippen molar-refractivity contribution in [2.24, 2.45) is 0 Å². The van der Waals surface area contributed by atoms with E-state index in [2.05, 4.69) is 6.58 Å². The SMILES string of the molecule is C=C(C)CN(CC)C(=O)COC(=O)[C@H]1C[C@@H](O)CN1S(=O)(=O)c1ccc(C)c(C)c1. The fourth-order valence-electron chi connectivity index (χ4n) is 3.30. The van der Waals surface area contributed by atoms with Gasteiger partial charge in [0.1, 0.15) is 6.04 Å². The maximum Gasteiger partial charge on any atom is 0.325 e. The third-order valence-corrected chi connectivity index (χ3v) is 6.99. The highest BCUT2D eigenvalue weighted by atomic mass is 32.2. The zero-order chi connectivity index (χ0) is 22.6. The summed E-state index contributed by atoms with van der Waals surface area (Å²) in [6, 6.07) is 3.53. The molecular weight excluding hydrogens is 408 g/mol. The van der Waals surface area contributed by atoms with Gasteiger partial charge in [-0.15, -0.1) is 0 Å². The van der Waals surface area contributed by atoms with Crippen molar-refractivity contribution in [3.8, 4) is 0 Å². The van der Waals surface area contributed by atoms with Crippen molar-refractivity contribution in [1.29, 1.82) is 0 Å². The molecule has 1 N–H and O–H groups in total. The van der Waals surface area contributed by atoms with E-state index in [1.807, 2.05) is 6.92 Å². The normalized spacial score (nSPS) is 19.5. The molecule has 9 heteroatoms. The first-order valence-electron chi connectivity index (χ1n) is 9.83. The van der Waals surface area contributed by atoms with Crippen LogP contribution in [-0.4, -0.2) is 73.0 Å². The molecule has 1 heterocycles. The average Bonchev–Trinajstić information content (AvgIpc) is 3.08. The first kappa shape index (κ1) is 24.0. The maximum absolute atomic E-state index is 13.1. The van der Waals surface area contributed by atoms with E-state index in [-0.39, 0.29) is 17.9 Å². The minimum absolute atomic E-state index is 0.0483. The molecule has 8 nitrogen and oxygen atoms in total. The molecule has 0 radical (unpaired) electrons. The van der Waals surface area contributed by atoms with Gasteiger partial charge in [0.15, 0.2) is 6.61 Å². The quantitative estimate of drug-likeness (QED) is 0.486. The van der Waals surface area contributed by atoms with Crippen LogP contribution in [0.5, 0.6) is 0 Å². The molecule has 0 spiro atoms. The second kappa shape index (κ2) is 9.72. The Morgan fingerprint density at radius 1 is 1.30 bits per heavy atom. The lowest BCUT2D eigenvalue weighted by Crippen LogP contribution is -2.43. The molecular formula is C21H30N2O6S. The molecule has 30 heavy (non-hydrogen) atoms. The van der Waals surface area contributed by atoms with Crippen LogP contribution >= 0.6 is 0 Å². The van der Waals surface area contributed by atoms with Crippen molar-refractivity contribution in [2.45, 2.75) is 51.2 Å². The number of hydrogen-bond donors (Lipinski definition) is 1. The number of aryl methyl sites for hydroxylation is 2. The van der Waals surface area contributed by atoms with Crippen LogP contribution in [-0.2, 0) is 24.3 Å². The number of ether oxygens (including phenoxy) is 1. The molecule has 1 amide bonds. The van der Waals surface area contributed by atoms with Gasteiger partial charge >= 0.3 is 5.97 Å². The number of carbonyl (C=O) groups excluding carboxylic acids is 2. The van der Waals surface area contributed by atoms with Crippen LogP contribution < -0.4 is 0 Å². The first-order chi connectivity index (χ1) is 14.0. The average molecular weight is 439 g/mol. The van der Waals surface area contributed by atoms with Crippen LogP contribution in [0.1, 0.15) is 31.4 Å². The lowest BCUT2D eigenvalue weighted by molar-refractivity contribution is -0.154. The summed E-state index contributed by atoms with van der Waals surface area (Å²) >= 11 is 0. The predicted octanol–water partition coefficient (Wildman–Crippen LogP) is 1.40. The van der Waals surface area contributed by atoms with Crippen molar-refractivity contribution >= 4 is 21.9 Å². The summed E-state index contributed by atoms with van der Waals surface area (Å²) in [6.45, 7) is 11.1. The lowest BCUT2D eigenvalue weighted by atomic mass is 10.1. The van der Waals surface area contributed by atoms with E-state index >= 15 is 0 Å².